The molecule has 3 heterocycles. The Kier molecular flexibility index (Phi) is 10.7. The second kappa shape index (κ2) is 13.7. The number of aliphatic hydroxyl groups excluding tert-OH is 1. The number of aromatic amines is 1. The van der Waals surface area contributed by atoms with Crippen LogP contribution in [0.2, 0.25) is 0 Å². The third-order valence-corrected chi connectivity index (χ3v) is 10.4. The molecule has 1 fully saturated rings. The molecule has 3 aromatic rings. The number of carbonyl (C=O) groups is 1. The molecule has 2 aromatic heterocycles. The minimum Gasteiger partial charge on any atom is -0.387 e. The number of aromatic nitrogens is 4. The van der Waals surface area contributed by atoms with Gasteiger partial charge in [-0.15, -0.1) is 0 Å². The highest BCUT2D eigenvalue weighted by Gasteiger charge is 2.54. The maximum atomic E-state index is 13.8. The van der Waals surface area contributed by atoms with Gasteiger partial charge in [-0.25, -0.2) is 14.6 Å². The molecule has 0 aliphatic carbocycles. The minimum absolute atomic E-state index is 0.0224. The Morgan fingerprint density at radius 1 is 1.28 bits per heavy atom. The molecule has 0 radical (unpaired) electrons. The summed E-state index contributed by atoms with van der Waals surface area (Å²) in [6.45, 7) is 5.75. The summed E-state index contributed by atoms with van der Waals surface area (Å²) in [6, 6.07) is 4.16. The third-order valence-electron chi connectivity index (χ3n) is 7.64. The number of nitrogens with two attached hydrogens (primary N) is 1. The zero-order valence-electron chi connectivity index (χ0n) is 25.4. The molecule has 19 heteroatoms. The van der Waals surface area contributed by atoms with E-state index in [4.69, 9.17) is 19.5 Å². The van der Waals surface area contributed by atoms with E-state index >= 15 is 0 Å². The lowest BCUT2D eigenvalue weighted by Crippen LogP contribution is -2.44. The second-order valence-corrected chi connectivity index (χ2v) is 14.4. The number of thioether (sulfide) groups is 1. The number of hydrogen-bond donors (Lipinski definition) is 5. The van der Waals surface area contributed by atoms with E-state index in [1.165, 1.54) is 30.0 Å². The molecule has 0 saturated carbocycles. The van der Waals surface area contributed by atoms with Crippen LogP contribution in [0.5, 0.6) is 0 Å². The number of carbonyl (C=O) groups excluding carboxylic acids is 1. The molecule has 4 rings (SSSR count). The topological polar surface area (TPSA) is 204 Å². The molecule has 1 aromatic carbocycles. The zero-order valence-corrected chi connectivity index (χ0v) is 27.1. The van der Waals surface area contributed by atoms with Gasteiger partial charge in [-0.3, -0.25) is 28.2 Å². The summed E-state index contributed by atoms with van der Waals surface area (Å²) in [4.78, 5) is 35.0. The quantitative estimate of drug-likeness (QED) is 0.129. The van der Waals surface area contributed by atoms with Gasteiger partial charge in [0.2, 0.25) is 5.95 Å². The molecular weight excluding hydrogens is 656 g/mol. The average Bonchev–Trinajstić information content (AvgIpc) is 3.50. The lowest BCUT2D eigenvalue weighted by molar-refractivity contribution is -0.137. The number of nitrogens with zero attached hydrogens (tertiary/aromatic N) is 3. The van der Waals surface area contributed by atoms with Gasteiger partial charge in [-0.1, -0.05) is 44.7 Å². The molecule has 1 saturated heterocycles. The van der Waals surface area contributed by atoms with Crippen LogP contribution >= 0.6 is 19.5 Å². The van der Waals surface area contributed by atoms with E-state index in [0.29, 0.717) is 12.0 Å². The Labute approximate surface area is 265 Å². The summed E-state index contributed by atoms with van der Waals surface area (Å²) >= 11 is 0.991. The van der Waals surface area contributed by atoms with Crippen molar-refractivity contribution < 1.29 is 46.5 Å². The summed E-state index contributed by atoms with van der Waals surface area (Å²) in [5.74, 6) is -0.0903. The van der Waals surface area contributed by atoms with Gasteiger partial charge in [0.05, 0.1) is 25.1 Å². The van der Waals surface area contributed by atoms with Gasteiger partial charge >= 0.3 is 13.9 Å². The highest BCUT2D eigenvalue weighted by Crippen LogP contribution is 2.47. The Morgan fingerprint density at radius 2 is 1.96 bits per heavy atom. The predicted molar refractivity (Wildman–Crippen MR) is 162 cm³/mol. The summed E-state index contributed by atoms with van der Waals surface area (Å²) in [6.07, 6.45) is -6.97. The first kappa shape index (κ1) is 36.0. The minimum atomic E-state index is -4.53. The van der Waals surface area contributed by atoms with Crippen molar-refractivity contribution in [2.75, 3.05) is 24.7 Å². The molecule has 14 nitrogen and oxygen atoms in total. The summed E-state index contributed by atoms with van der Waals surface area (Å²) in [7, 11) is -4.25. The van der Waals surface area contributed by atoms with Crippen molar-refractivity contribution >= 4 is 41.7 Å². The number of fused-ring (bicyclic) bond motifs is 1. The molecule has 254 valence electrons. The number of aliphatic hydroxyl groups is 2. The summed E-state index contributed by atoms with van der Waals surface area (Å²) in [5, 5.41) is 24.6. The molecule has 5 atom stereocenters. The molecule has 0 amide bonds. The van der Waals surface area contributed by atoms with Crippen molar-refractivity contribution in [3.05, 3.63) is 52.1 Å². The number of anilines is 1. The van der Waals surface area contributed by atoms with Crippen LogP contribution in [-0.2, 0) is 35.9 Å². The summed E-state index contributed by atoms with van der Waals surface area (Å²) in [5.41, 5.74) is 1.83. The third kappa shape index (κ3) is 7.99. The van der Waals surface area contributed by atoms with Crippen molar-refractivity contribution in [3.8, 4) is 0 Å². The first-order valence-corrected chi connectivity index (χ1v) is 16.7. The highest BCUT2D eigenvalue weighted by atomic mass is 32.2. The number of ether oxygens (including phenoxy) is 1. The normalized spacial score (nSPS) is 23.5. The number of halogens is 3. The Bertz CT molecular complexity index is 1650. The Hall–Kier alpha value is -2.83. The SMILES string of the molecule is CCC(C)(C)C(=O)SCCOP(=O)(NCc1ccc(C(F)(F)F)cc1)OC[C@H]1OC(n2cnc3c(=O)[nH]c(N)nc32)[C@@](C)(O)[C@H]1O. The van der Waals surface area contributed by atoms with Crippen molar-refractivity contribution in [1.29, 1.82) is 0 Å². The standard InChI is InChI=1S/C27H36F3N6O8PS/c1-5-25(2,3)23(39)46-11-10-42-45(41,33-12-15-6-8-16(9-7-15)27(28,29)30)43-13-17-19(37)26(4,40)22(44-17)36-14-32-18-20(36)34-24(31)35-21(18)38/h6-9,14,17,19,22,37,40H,5,10-13H2,1-4H3,(H,33,41)(H3,31,34,35,38)/t17-,19+,22?,26+,45?/m1/s1. The number of nitrogens with one attached hydrogen (secondary N) is 2. The first-order valence-electron chi connectivity index (χ1n) is 14.1. The van der Waals surface area contributed by atoms with Crippen molar-refractivity contribution in [1.82, 2.24) is 24.6 Å². The largest absolute Gasteiger partial charge is 0.416 e. The molecule has 6 N–H and O–H groups in total. The fourth-order valence-corrected chi connectivity index (χ4v) is 6.74. The van der Waals surface area contributed by atoms with E-state index < -0.39 is 61.1 Å². The number of benzene rings is 1. The molecule has 2 unspecified atom stereocenters. The number of alkyl halides is 3. The van der Waals surface area contributed by atoms with Crippen LogP contribution in [0.3, 0.4) is 0 Å². The van der Waals surface area contributed by atoms with Crippen molar-refractivity contribution in [2.24, 2.45) is 5.41 Å². The molecule has 1 aliphatic rings. The van der Waals surface area contributed by atoms with Gasteiger partial charge in [0.1, 0.15) is 17.8 Å². The molecule has 1 aliphatic heterocycles. The first-order chi connectivity index (χ1) is 21.4. The zero-order chi connectivity index (χ0) is 34.1. The average molecular weight is 693 g/mol. The Morgan fingerprint density at radius 3 is 2.59 bits per heavy atom. The smallest absolute Gasteiger partial charge is 0.387 e. The van der Waals surface area contributed by atoms with Gasteiger partial charge in [-0.2, -0.15) is 18.2 Å². The highest BCUT2D eigenvalue weighted by molar-refractivity contribution is 8.13. The second-order valence-electron chi connectivity index (χ2n) is 11.5. The molecule has 46 heavy (non-hydrogen) atoms. The fraction of sp³-hybridized carbons (Fsp3) is 0.556. The van der Waals surface area contributed by atoms with Crippen molar-refractivity contribution in [2.45, 2.75) is 70.9 Å². The molecule has 0 bridgehead atoms. The van der Waals surface area contributed by atoms with Gasteiger partial charge in [0.25, 0.3) is 5.56 Å². The van der Waals surface area contributed by atoms with Gasteiger partial charge in [-0.05, 0) is 31.0 Å². The predicted octanol–water partition coefficient (Wildman–Crippen LogP) is 3.36. The Balaban J connectivity index is 1.48. The lowest BCUT2D eigenvalue weighted by atomic mass is 9.92. The lowest BCUT2D eigenvalue weighted by Gasteiger charge is -2.27. The molecular formula is C27H36F3N6O8PS. The van der Waals surface area contributed by atoms with Gasteiger partial charge in [0.15, 0.2) is 22.5 Å². The maximum Gasteiger partial charge on any atom is 0.416 e. The maximum absolute atomic E-state index is 13.8. The number of H-pyrrole nitrogens is 1. The van der Waals surface area contributed by atoms with Crippen LogP contribution in [0.1, 0.15) is 51.5 Å². The van der Waals surface area contributed by atoms with Crippen LogP contribution < -0.4 is 16.4 Å². The van der Waals surface area contributed by atoms with Gasteiger partial charge < -0.3 is 20.7 Å². The van der Waals surface area contributed by atoms with E-state index in [0.717, 1.165) is 23.9 Å². The van der Waals surface area contributed by atoms with Gasteiger partial charge in [0, 0.05) is 17.7 Å². The van der Waals surface area contributed by atoms with E-state index in [2.05, 4.69) is 20.0 Å². The number of imidazole rings is 1. The van der Waals surface area contributed by atoms with Crippen LogP contribution in [0.4, 0.5) is 19.1 Å². The van der Waals surface area contributed by atoms with Crippen LogP contribution in [0.25, 0.3) is 11.2 Å². The van der Waals surface area contributed by atoms with E-state index in [9.17, 15) is 37.5 Å². The number of nitrogen functional groups attached to an aromatic ring is 1. The van der Waals surface area contributed by atoms with Crippen LogP contribution in [0, 0.1) is 5.41 Å². The monoisotopic (exact) mass is 692 g/mol. The molecule has 0 spiro atoms. The summed E-state index contributed by atoms with van der Waals surface area (Å²) < 4.78 is 71.0. The fourth-order valence-electron chi connectivity index (χ4n) is 4.42. The van der Waals surface area contributed by atoms with Crippen molar-refractivity contribution in [3.63, 3.8) is 0 Å². The number of rotatable bonds is 13. The van der Waals surface area contributed by atoms with E-state index in [-0.39, 0.29) is 41.1 Å². The number of hydrogen-bond acceptors (Lipinski definition) is 12. The van der Waals surface area contributed by atoms with E-state index in [1.54, 1.807) is 13.8 Å². The van der Waals surface area contributed by atoms with Crippen LogP contribution in [-0.4, -0.2) is 71.6 Å². The van der Waals surface area contributed by atoms with Crippen LogP contribution in [0.15, 0.2) is 35.4 Å². The van der Waals surface area contributed by atoms with E-state index in [1.807, 2.05) is 6.92 Å².